The van der Waals surface area contributed by atoms with Gasteiger partial charge in [-0.15, -0.1) is 0 Å². The lowest BCUT2D eigenvalue weighted by molar-refractivity contribution is 0.414. The zero-order valence-corrected chi connectivity index (χ0v) is 14.0. The van der Waals surface area contributed by atoms with Crippen molar-refractivity contribution in [3.8, 4) is 5.75 Å². The Hall–Kier alpha value is -0.840. The number of rotatable bonds is 3. The molecule has 0 aliphatic carbocycles. The van der Waals surface area contributed by atoms with Gasteiger partial charge in [-0.2, -0.15) is 0 Å². The number of ether oxygens (including phenoxy) is 1. The fourth-order valence-electron chi connectivity index (χ4n) is 2.00. The van der Waals surface area contributed by atoms with Crippen LogP contribution in [0.5, 0.6) is 5.75 Å². The Morgan fingerprint density at radius 1 is 1.05 bits per heavy atom. The van der Waals surface area contributed by atoms with Gasteiger partial charge in [0.15, 0.2) is 0 Å². The molecule has 19 heavy (non-hydrogen) atoms. The molecule has 0 saturated carbocycles. The number of hydrogen-bond donors (Lipinski definition) is 1. The molecule has 0 aliphatic heterocycles. The third kappa shape index (κ3) is 3.19. The molecule has 2 N–H and O–H groups in total. The Bertz CT molecular complexity index is 599. The molecule has 2 nitrogen and oxygen atoms in total. The van der Waals surface area contributed by atoms with E-state index in [-0.39, 0.29) is 6.04 Å². The number of benzene rings is 2. The van der Waals surface area contributed by atoms with Gasteiger partial charge in [0, 0.05) is 8.95 Å². The van der Waals surface area contributed by atoms with Crippen molar-refractivity contribution in [1.82, 2.24) is 0 Å². The van der Waals surface area contributed by atoms with Crippen molar-refractivity contribution >= 4 is 31.9 Å². The number of halogens is 2. The molecule has 0 aromatic heterocycles. The SMILES string of the molecule is COc1ccc(C(N)c2cc(Br)ccc2C)c(Br)c1. The van der Waals surface area contributed by atoms with E-state index in [9.17, 15) is 0 Å². The molecule has 2 aromatic rings. The molecule has 0 fully saturated rings. The molecule has 0 spiro atoms. The molecule has 0 radical (unpaired) electrons. The van der Waals surface area contributed by atoms with E-state index in [0.29, 0.717) is 0 Å². The van der Waals surface area contributed by atoms with Crippen LogP contribution in [0.25, 0.3) is 0 Å². The Morgan fingerprint density at radius 2 is 1.79 bits per heavy atom. The van der Waals surface area contributed by atoms with Crippen LogP contribution >= 0.6 is 31.9 Å². The second-order valence-electron chi connectivity index (χ2n) is 4.37. The molecule has 4 heteroatoms. The van der Waals surface area contributed by atoms with Crippen LogP contribution in [-0.4, -0.2) is 7.11 Å². The van der Waals surface area contributed by atoms with Gasteiger partial charge in [0.2, 0.25) is 0 Å². The van der Waals surface area contributed by atoms with E-state index < -0.39 is 0 Å². The van der Waals surface area contributed by atoms with Crippen LogP contribution in [-0.2, 0) is 0 Å². The lowest BCUT2D eigenvalue weighted by Gasteiger charge is -2.17. The molecule has 0 bridgehead atoms. The lowest BCUT2D eigenvalue weighted by atomic mass is 9.96. The second kappa shape index (κ2) is 6.07. The molecule has 0 aliphatic rings. The van der Waals surface area contributed by atoms with Crippen molar-refractivity contribution in [2.45, 2.75) is 13.0 Å². The van der Waals surface area contributed by atoms with Crippen molar-refractivity contribution in [3.63, 3.8) is 0 Å². The first-order valence-corrected chi connectivity index (χ1v) is 7.46. The van der Waals surface area contributed by atoms with E-state index in [4.69, 9.17) is 10.5 Å². The zero-order chi connectivity index (χ0) is 14.0. The Labute approximate surface area is 130 Å². The van der Waals surface area contributed by atoms with Gasteiger partial charge >= 0.3 is 0 Å². The maximum Gasteiger partial charge on any atom is 0.120 e. The fraction of sp³-hybridized carbons (Fsp3) is 0.200. The third-order valence-electron chi connectivity index (χ3n) is 3.12. The summed E-state index contributed by atoms with van der Waals surface area (Å²) in [7, 11) is 1.65. The lowest BCUT2D eigenvalue weighted by Crippen LogP contribution is -2.14. The van der Waals surface area contributed by atoms with Crippen molar-refractivity contribution in [2.75, 3.05) is 7.11 Å². The Morgan fingerprint density at radius 3 is 2.42 bits per heavy atom. The van der Waals surface area contributed by atoms with E-state index >= 15 is 0 Å². The molecule has 0 amide bonds. The van der Waals surface area contributed by atoms with Gasteiger partial charge in [-0.05, 0) is 47.9 Å². The van der Waals surface area contributed by atoms with Crippen LogP contribution in [0, 0.1) is 6.92 Å². The minimum atomic E-state index is -0.169. The van der Waals surface area contributed by atoms with Crippen LogP contribution in [0.1, 0.15) is 22.7 Å². The molecule has 2 aromatic carbocycles. The average Bonchev–Trinajstić information content (AvgIpc) is 2.40. The van der Waals surface area contributed by atoms with E-state index in [1.165, 1.54) is 5.56 Å². The van der Waals surface area contributed by atoms with Gasteiger partial charge < -0.3 is 10.5 Å². The summed E-state index contributed by atoms with van der Waals surface area (Å²) in [6.45, 7) is 2.07. The number of hydrogen-bond acceptors (Lipinski definition) is 2. The van der Waals surface area contributed by atoms with Crippen LogP contribution in [0.3, 0.4) is 0 Å². The van der Waals surface area contributed by atoms with Crippen molar-refractivity contribution in [2.24, 2.45) is 5.73 Å². The maximum atomic E-state index is 6.39. The third-order valence-corrected chi connectivity index (χ3v) is 4.30. The summed E-state index contributed by atoms with van der Waals surface area (Å²) in [5.74, 6) is 0.814. The molecule has 2 rings (SSSR count). The van der Waals surface area contributed by atoms with Crippen LogP contribution in [0.15, 0.2) is 45.3 Å². The van der Waals surface area contributed by atoms with Gasteiger partial charge in [-0.1, -0.05) is 44.0 Å². The summed E-state index contributed by atoms with van der Waals surface area (Å²) >= 11 is 7.05. The van der Waals surface area contributed by atoms with Crippen LogP contribution in [0.2, 0.25) is 0 Å². The highest BCUT2D eigenvalue weighted by Crippen LogP contribution is 2.32. The van der Waals surface area contributed by atoms with E-state index in [0.717, 1.165) is 25.8 Å². The Kier molecular flexibility index (Phi) is 4.66. The minimum Gasteiger partial charge on any atom is -0.497 e. The summed E-state index contributed by atoms with van der Waals surface area (Å²) in [6.07, 6.45) is 0. The highest BCUT2D eigenvalue weighted by molar-refractivity contribution is 9.10. The zero-order valence-electron chi connectivity index (χ0n) is 10.8. The Balaban J connectivity index is 2.43. The first-order chi connectivity index (χ1) is 9.02. The quantitative estimate of drug-likeness (QED) is 0.840. The summed E-state index contributed by atoms with van der Waals surface area (Å²) in [4.78, 5) is 0. The predicted molar refractivity (Wildman–Crippen MR) is 85.6 cm³/mol. The molecule has 1 unspecified atom stereocenters. The second-order valence-corrected chi connectivity index (χ2v) is 6.14. The summed E-state index contributed by atoms with van der Waals surface area (Å²) in [5, 5.41) is 0. The van der Waals surface area contributed by atoms with Gasteiger partial charge in [0.1, 0.15) is 5.75 Å². The van der Waals surface area contributed by atoms with Gasteiger partial charge in [-0.25, -0.2) is 0 Å². The summed E-state index contributed by atoms with van der Waals surface area (Å²) in [5.41, 5.74) is 9.72. The molecule has 1 atom stereocenters. The number of aryl methyl sites for hydroxylation is 1. The molecule has 0 saturated heterocycles. The fourth-order valence-corrected chi connectivity index (χ4v) is 2.98. The standard InChI is InChI=1S/C15H15Br2NO/c1-9-3-4-10(16)7-13(9)15(18)12-6-5-11(19-2)8-14(12)17/h3-8,15H,18H2,1-2H3. The summed E-state index contributed by atoms with van der Waals surface area (Å²) in [6, 6.07) is 11.8. The highest BCUT2D eigenvalue weighted by Gasteiger charge is 2.15. The molecule has 100 valence electrons. The van der Waals surface area contributed by atoms with Gasteiger partial charge in [0.05, 0.1) is 13.2 Å². The van der Waals surface area contributed by atoms with Crippen LogP contribution in [0.4, 0.5) is 0 Å². The highest BCUT2D eigenvalue weighted by atomic mass is 79.9. The maximum absolute atomic E-state index is 6.39. The van der Waals surface area contributed by atoms with Gasteiger partial charge in [0.25, 0.3) is 0 Å². The molecular formula is C15H15Br2NO. The minimum absolute atomic E-state index is 0.169. The molecule has 0 heterocycles. The monoisotopic (exact) mass is 383 g/mol. The first kappa shape index (κ1) is 14.6. The average molecular weight is 385 g/mol. The smallest absolute Gasteiger partial charge is 0.120 e. The van der Waals surface area contributed by atoms with Gasteiger partial charge in [-0.3, -0.25) is 0 Å². The van der Waals surface area contributed by atoms with E-state index in [1.807, 2.05) is 24.3 Å². The largest absolute Gasteiger partial charge is 0.497 e. The molecular weight excluding hydrogens is 370 g/mol. The number of nitrogens with two attached hydrogens (primary N) is 1. The first-order valence-electron chi connectivity index (χ1n) is 5.88. The summed E-state index contributed by atoms with van der Waals surface area (Å²) < 4.78 is 7.19. The van der Waals surface area contributed by atoms with Crippen LogP contribution < -0.4 is 10.5 Å². The van der Waals surface area contributed by atoms with Crippen molar-refractivity contribution < 1.29 is 4.74 Å². The predicted octanol–water partition coefficient (Wildman–Crippen LogP) is 4.58. The topological polar surface area (TPSA) is 35.2 Å². The number of methoxy groups -OCH3 is 1. The normalized spacial score (nSPS) is 12.3. The van der Waals surface area contributed by atoms with Crippen molar-refractivity contribution in [1.29, 1.82) is 0 Å². The van der Waals surface area contributed by atoms with E-state index in [2.05, 4.69) is 50.9 Å². The van der Waals surface area contributed by atoms with Crippen molar-refractivity contribution in [3.05, 3.63) is 62.0 Å². The van der Waals surface area contributed by atoms with E-state index in [1.54, 1.807) is 7.11 Å².